The molecule has 0 N–H and O–H groups in total. The van der Waals surface area contributed by atoms with E-state index in [1.54, 1.807) is 16.6 Å². The van der Waals surface area contributed by atoms with Gasteiger partial charge in [0, 0.05) is 29.2 Å². The van der Waals surface area contributed by atoms with Crippen molar-refractivity contribution in [2.24, 2.45) is 4.99 Å². The quantitative estimate of drug-likeness (QED) is 0.259. The number of hydrogen-bond acceptors (Lipinski definition) is 6. The van der Waals surface area contributed by atoms with Gasteiger partial charge in [0.15, 0.2) is 4.80 Å². The average Bonchev–Trinajstić information content (AvgIpc) is 3.30. The van der Waals surface area contributed by atoms with Crippen molar-refractivity contribution < 1.29 is 14.3 Å². The van der Waals surface area contributed by atoms with Crippen molar-refractivity contribution in [3.63, 3.8) is 0 Å². The minimum atomic E-state index is -0.682. The number of halogens is 1. The molecule has 0 radical (unpaired) electrons. The first-order chi connectivity index (χ1) is 20.4. The van der Waals surface area contributed by atoms with E-state index in [-0.39, 0.29) is 11.5 Å². The molecule has 1 aromatic heterocycles. The Labute approximate surface area is 253 Å². The molecule has 4 aromatic rings. The second kappa shape index (κ2) is 12.8. The highest BCUT2D eigenvalue weighted by Gasteiger charge is 2.35. The Balaban J connectivity index is 1.59. The first kappa shape index (κ1) is 29.4. The van der Waals surface area contributed by atoms with E-state index in [1.807, 2.05) is 99.6 Å². The molecule has 3 aromatic carbocycles. The van der Waals surface area contributed by atoms with Crippen molar-refractivity contribution >= 4 is 34.9 Å². The number of ether oxygens (including phenoxy) is 2. The number of nitrogens with zero attached hydrogens (tertiary/aromatic N) is 3. The van der Waals surface area contributed by atoms with Crippen LogP contribution in [0.15, 0.2) is 93.9 Å². The van der Waals surface area contributed by atoms with Gasteiger partial charge in [-0.3, -0.25) is 14.2 Å². The summed E-state index contributed by atoms with van der Waals surface area (Å²) < 4.78 is 13.8. The minimum absolute atomic E-state index is 0.144. The number of amides is 1. The number of benzene rings is 3. The number of aromatic nitrogens is 1. The van der Waals surface area contributed by atoms with Crippen molar-refractivity contribution in [1.82, 2.24) is 9.47 Å². The summed E-state index contributed by atoms with van der Waals surface area (Å²) in [6, 6.07) is 21.9. The van der Waals surface area contributed by atoms with Gasteiger partial charge in [-0.1, -0.05) is 71.5 Å². The van der Waals surface area contributed by atoms with E-state index in [9.17, 15) is 9.59 Å². The summed E-state index contributed by atoms with van der Waals surface area (Å²) in [5.74, 6) is 1.11. The van der Waals surface area contributed by atoms with Crippen LogP contribution in [0.5, 0.6) is 11.5 Å². The summed E-state index contributed by atoms with van der Waals surface area (Å²) in [6.07, 6.45) is 1.83. The SMILES string of the molecule is CCN(CC)C(=O)C1=C(C)N=c2s/c(=C/c3cccc(OCc4ccccc4Cl)c3)c(=O)n2[C@@H]1c1ccccc1OC. The zero-order chi connectivity index (χ0) is 29.8. The lowest BCUT2D eigenvalue weighted by Gasteiger charge is -2.29. The molecule has 7 nitrogen and oxygen atoms in total. The molecule has 0 spiro atoms. The number of thiazole rings is 1. The number of allylic oxidation sites excluding steroid dienone is 1. The molecule has 0 aliphatic carbocycles. The van der Waals surface area contributed by atoms with Crippen LogP contribution in [0.4, 0.5) is 0 Å². The molecule has 216 valence electrons. The molecule has 2 heterocycles. The number of carbonyl (C=O) groups excluding carboxylic acids is 1. The molecule has 1 aliphatic heterocycles. The second-order valence-corrected chi connectivity index (χ2v) is 11.2. The molecule has 1 aliphatic rings. The number of para-hydroxylation sites is 1. The summed E-state index contributed by atoms with van der Waals surface area (Å²) in [7, 11) is 1.59. The Kier molecular flexibility index (Phi) is 8.94. The number of carbonyl (C=O) groups is 1. The summed E-state index contributed by atoms with van der Waals surface area (Å²) in [5, 5.41) is 0.647. The number of rotatable bonds is 9. The van der Waals surface area contributed by atoms with Gasteiger partial charge in [-0.15, -0.1) is 0 Å². The van der Waals surface area contributed by atoms with Gasteiger partial charge >= 0.3 is 0 Å². The highest BCUT2D eigenvalue weighted by Crippen LogP contribution is 2.36. The molecule has 5 rings (SSSR count). The van der Waals surface area contributed by atoms with Gasteiger partial charge in [-0.2, -0.15) is 0 Å². The summed E-state index contributed by atoms with van der Waals surface area (Å²) in [5.41, 5.74) is 3.25. The lowest BCUT2D eigenvalue weighted by Crippen LogP contribution is -2.43. The molecule has 9 heteroatoms. The topological polar surface area (TPSA) is 73.1 Å². The molecule has 1 amide bonds. The lowest BCUT2D eigenvalue weighted by atomic mass is 9.94. The van der Waals surface area contributed by atoms with Gasteiger partial charge in [0.25, 0.3) is 11.5 Å². The Hall–Kier alpha value is -4.14. The molecule has 0 saturated carbocycles. The molecule has 42 heavy (non-hydrogen) atoms. The van der Waals surface area contributed by atoms with E-state index in [2.05, 4.69) is 0 Å². The molecule has 1 atom stereocenters. The second-order valence-electron chi connectivity index (χ2n) is 9.75. The number of likely N-dealkylation sites (N-methyl/N-ethyl adjacent to an activating group) is 1. The van der Waals surface area contributed by atoms with Gasteiger partial charge in [0.1, 0.15) is 24.1 Å². The summed E-state index contributed by atoms with van der Waals surface area (Å²) in [4.78, 5) is 34.9. The van der Waals surface area contributed by atoms with E-state index in [0.717, 1.165) is 16.7 Å². The molecular formula is C33H32ClN3O4S. The highest BCUT2D eigenvalue weighted by molar-refractivity contribution is 7.07. The molecule has 0 unspecified atom stereocenters. The molecule has 0 bridgehead atoms. The first-order valence-corrected chi connectivity index (χ1v) is 15.0. The van der Waals surface area contributed by atoms with Gasteiger partial charge in [0.2, 0.25) is 0 Å². The predicted molar refractivity (Wildman–Crippen MR) is 167 cm³/mol. The average molecular weight is 602 g/mol. The lowest BCUT2D eigenvalue weighted by molar-refractivity contribution is -0.127. The van der Waals surface area contributed by atoms with Crippen LogP contribution in [-0.2, 0) is 11.4 Å². The molecular weight excluding hydrogens is 570 g/mol. The fourth-order valence-corrected chi connectivity index (χ4v) is 6.32. The maximum atomic E-state index is 14.1. The Bertz CT molecular complexity index is 1840. The van der Waals surface area contributed by atoms with Gasteiger partial charge in [0.05, 0.1) is 22.9 Å². The van der Waals surface area contributed by atoms with Crippen LogP contribution in [0.1, 0.15) is 43.5 Å². The van der Waals surface area contributed by atoms with E-state index < -0.39 is 6.04 Å². The highest BCUT2D eigenvalue weighted by atomic mass is 35.5. The normalized spacial score (nSPS) is 14.8. The van der Waals surface area contributed by atoms with Crippen molar-refractivity contribution in [2.45, 2.75) is 33.4 Å². The number of hydrogen-bond donors (Lipinski definition) is 0. The number of fused-ring (bicyclic) bond motifs is 1. The van der Waals surface area contributed by atoms with E-state index in [0.29, 0.717) is 56.8 Å². The first-order valence-electron chi connectivity index (χ1n) is 13.8. The van der Waals surface area contributed by atoms with Crippen molar-refractivity contribution in [1.29, 1.82) is 0 Å². The van der Waals surface area contributed by atoms with Gasteiger partial charge in [-0.25, -0.2) is 4.99 Å². The Morgan fingerprint density at radius 3 is 2.55 bits per heavy atom. The smallest absolute Gasteiger partial charge is 0.271 e. The Morgan fingerprint density at radius 2 is 1.81 bits per heavy atom. The van der Waals surface area contributed by atoms with Crippen molar-refractivity contribution in [3.05, 3.63) is 125 Å². The van der Waals surface area contributed by atoms with Crippen LogP contribution < -0.4 is 24.4 Å². The number of methoxy groups -OCH3 is 1. The van der Waals surface area contributed by atoms with Crippen LogP contribution in [0, 0.1) is 0 Å². The fraction of sp³-hybridized carbons (Fsp3) is 0.242. The maximum Gasteiger partial charge on any atom is 0.271 e. The monoisotopic (exact) mass is 601 g/mol. The van der Waals surface area contributed by atoms with Gasteiger partial charge < -0.3 is 14.4 Å². The van der Waals surface area contributed by atoms with Gasteiger partial charge in [-0.05, 0) is 56.7 Å². The van der Waals surface area contributed by atoms with E-state index >= 15 is 0 Å². The molecule has 0 saturated heterocycles. The van der Waals surface area contributed by atoms with Crippen molar-refractivity contribution in [3.8, 4) is 11.5 Å². The summed E-state index contributed by atoms with van der Waals surface area (Å²) >= 11 is 7.57. The minimum Gasteiger partial charge on any atom is -0.496 e. The van der Waals surface area contributed by atoms with Crippen LogP contribution in [0.25, 0.3) is 6.08 Å². The van der Waals surface area contributed by atoms with Crippen LogP contribution >= 0.6 is 22.9 Å². The summed E-state index contributed by atoms with van der Waals surface area (Å²) in [6.45, 7) is 7.13. The fourth-order valence-electron chi connectivity index (χ4n) is 5.08. The van der Waals surface area contributed by atoms with Crippen LogP contribution in [-0.4, -0.2) is 35.6 Å². The maximum absolute atomic E-state index is 14.1. The third-order valence-corrected chi connectivity index (χ3v) is 8.60. The molecule has 0 fully saturated rings. The third-order valence-electron chi connectivity index (χ3n) is 7.24. The van der Waals surface area contributed by atoms with Crippen LogP contribution in [0.2, 0.25) is 5.02 Å². The standard InChI is InChI=1S/C33H32ClN3O4S/c1-5-36(6-2)32(39)29-21(3)35-33-37(30(29)25-15-8-10-17-27(25)40-4)31(38)28(42-33)19-22-12-11-14-24(18-22)41-20-23-13-7-9-16-26(23)34/h7-19,30H,5-6,20H2,1-4H3/b28-19+/t30-/m1/s1. The zero-order valence-corrected chi connectivity index (χ0v) is 25.5. The zero-order valence-electron chi connectivity index (χ0n) is 24.0. The largest absolute Gasteiger partial charge is 0.496 e. The van der Waals surface area contributed by atoms with Crippen LogP contribution in [0.3, 0.4) is 0 Å². The Morgan fingerprint density at radius 1 is 1.07 bits per heavy atom. The van der Waals surface area contributed by atoms with E-state index in [4.69, 9.17) is 26.1 Å². The predicted octanol–water partition coefficient (Wildman–Crippen LogP) is 5.34. The van der Waals surface area contributed by atoms with Crippen molar-refractivity contribution in [2.75, 3.05) is 20.2 Å². The van der Waals surface area contributed by atoms with E-state index in [1.165, 1.54) is 11.3 Å². The third kappa shape index (κ3) is 5.78.